The number of carboxylic acid groups (broad SMARTS) is 1. The molecule has 0 heterocycles. The number of hydrogen-bond acceptors (Lipinski definition) is 9. The summed E-state index contributed by atoms with van der Waals surface area (Å²) in [5, 5.41) is 17.3. The smallest absolute Gasteiger partial charge is 0.478 e. The van der Waals surface area contributed by atoms with Crippen molar-refractivity contribution in [1.29, 1.82) is 0 Å². The fourth-order valence-electron chi connectivity index (χ4n) is 4.99. The van der Waals surface area contributed by atoms with Crippen LogP contribution in [0.15, 0.2) is 102 Å². The summed E-state index contributed by atoms with van der Waals surface area (Å²) in [6, 6.07) is 24.9. The molecular formula is C39H42F2NaO10S2+. The fourth-order valence-corrected chi connectivity index (χ4v) is 5.93. The molecule has 0 amide bonds. The van der Waals surface area contributed by atoms with E-state index in [4.69, 9.17) is 18.2 Å². The van der Waals surface area contributed by atoms with E-state index in [2.05, 4.69) is 4.74 Å². The van der Waals surface area contributed by atoms with E-state index >= 15 is 0 Å². The number of methoxy groups -OCH3 is 2. The predicted molar refractivity (Wildman–Crippen MR) is 202 cm³/mol. The van der Waals surface area contributed by atoms with Crippen molar-refractivity contribution in [3.8, 4) is 5.75 Å². The summed E-state index contributed by atoms with van der Waals surface area (Å²) < 4.78 is 68.7. The van der Waals surface area contributed by atoms with Crippen LogP contribution in [0.5, 0.6) is 5.75 Å². The molecule has 0 bridgehead atoms. The van der Waals surface area contributed by atoms with Gasteiger partial charge in [0.1, 0.15) is 24.2 Å². The maximum Gasteiger partial charge on any atom is 1.00 e. The minimum Gasteiger partial charge on any atom is -0.478 e. The van der Waals surface area contributed by atoms with Crippen molar-refractivity contribution in [1.82, 2.24) is 0 Å². The van der Waals surface area contributed by atoms with Gasteiger partial charge in [0, 0.05) is 13.4 Å². The standard InChI is InChI=1S/C19H19FO4S.C18H17FO4S.C2H6O2.Na/c1-4-17(13-8-10-16(11-9-13)24-25(3)22)18(19(21)23-2)14-6-5-7-15(20)12-14;1-3-16(12-7-9-15(10-8-12)24(22)23-2)17(18(20)21)13-5-4-6-14(19)11-13;1-4-2-3;/h5-12H,4H2,1-3H3;4-11H,3H2,1-2H3,(H,20,21);3H,2H2,1H3;/q;;;+1/b18-17+;17-16+;;. The van der Waals surface area contributed by atoms with Gasteiger partial charge in [-0.1, -0.05) is 62.4 Å². The zero-order valence-electron chi connectivity index (χ0n) is 31.1. The number of aliphatic carboxylic acids is 1. The summed E-state index contributed by atoms with van der Waals surface area (Å²) in [5.41, 5.74) is 3.89. The number of hydrogen-bond donors (Lipinski definition) is 2. The number of aliphatic hydroxyl groups is 1. The number of carboxylic acids is 1. The molecule has 4 aromatic carbocycles. The van der Waals surface area contributed by atoms with Crippen molar-refractivity contribution >= 4 is 56.4 Å². The van der Waals surface area contributed by atoms with Crippen LogP contribution in [0.3, 0.4) is 0 Å². The first-order valence-electron chi connectivity index (χ1n) is 15.9. The van der Waals surface area contributed by atoms with Crippen LogP contribution in [-0.4, -0.2) is 64.9 Å². The quantitative estimate of drug-likeness (QED) is 0.0654. The van der Waals surface area contributed by atoms with Gasteiger partial charge in [-0.3, -0.25) is 4.18 Å². The van der Waals surface area contributed by atoms with Crippen LogP contribution in [0.2, 0.25) is 0 Å². The summed E-state index contributed by atoms with van der Waals surface area (Å²) in [6.45, 7) is 3.56. The zero-order chi connectivity index (χ0) is 39.5. The number of ether oxygens (including phenoxy) is 2. The van der Waals surface area contributed by atoms with Crippen LogP contribution in [0.4, 0.5) is 8.78 Å². The molecule has 284 valence electrons. The Morgan fingerprint density at radius 2 is 1.15 bits per heavy atom. The number of carbonyl (C=O) groups is 2. The van der Waals surface area contributed by atoms with Crippen molar-refractivity contribution in [3.05, 3.63) is 131 Å². The SMILES string of the molecule is CC/C(=C(\C(=O)O)c1cccc(F)c1)c1ccc(S(=O)OC)cc1.CC/C(=C(\C(=O)OC)c1cccc(F)c1)c1ccc(OS(C)=O)cc1.COCO.[Na+]. The summed E-state index contributed by atoms with van der Waals surface area (Å²) >= 11 is -2.97. The third-order valence-corrected chi connectivity index (χ3v) is 8.62. The molecule has 0 aromatic heterocycles. The largest absolute Gasteiger partial charge is 1.00 e. The minimum atomic E-state index is -1.55. The van der Waals surface area contributed by atoms with Gasteiger partial charge in [0.15, 0.2) is 11.1 Å². The van der Waals surface area contributed by atoms with Crippen LogP contribution in [0.25, 0.3) is 22.3 Å². The van der Waals surface area contributed by atoms with Crippen LogP contribution >= 0.6 is 0 Å². The number of aliphatic hydroxyl groups excluding tert-OH is 1. The fraction of sp³-hybridized carbons (Fsp3) is 0.231. The molecule has 0 saturated carbocycles. The minimum absolute atomic E-state index is 0. The molecule has 0 fully saturated rings. The molecule has 0 spiro atoms. The number of rotatable bonds is 13. The topological polar surface area (TPSA) is 146 Å². The first kappa shape index (κ1) is 48.2. The molecule has 2 atom stereocenters. The molecular weight excluding hydrogens is 754 g/mol. The van der Waals surface area contributed by atoms with Crippen LogP contribution < -0.4 is 33.7 Å². The second kappa shape index (κ2) is 25.3. The summed E-state index contributed by atoms with van der Waals surface area (Å²) in [4.78, 5) is 24.6. The van der Waals surface area contributed by atoms with E-state index in [1.807, 2.05) is 13.8 Å². The Bertz CT molecular complexity index is 1930. The van der Waals surface area contributed by atoms with Gasteiger partial charge in [-0.05, 0) is 94.8 Å². The molecule has 4 rings (SSSR count). The number of allylic oxidation sites excluding steroid dienone is 2. The average molecular weight is 796 g/mol. The summed E-state index contributed by atoms with van der Waals surface area (Å²) in [6.07, 6.45) is 2.43. The monoisotopic (exact) mass is 795 g/mol. The van der Waals surface area contributed by atoms with E-state index in [0.717, 1.165) is 11.1 Å². The average Bonchev–Trinajstić information content (AvgIpc) is 3.15. The van der Waals surface area contributed by atoms with Gasteiger partial charge in [0.05, 0.1) is 30.3 Å². The van der Waals surface area contributed by atoms with Gasteiger partial charge in [0.2, 0.25) is 11.1 Å². The van der Waals surface area contributed by atoms with Crippen molar-refractivity contribution in [2.75, 3.05) is 34.4 Å². The van der Waals surface area contributed by atoms with E-state index < -0.39 is 45.7 Å². The molecule has 10 nitrogen and oxygen atoms in total. The first-order valence-corrected chi connectivity index (χ1v) is 18.5. The van der Waals surface area contributed by atoms with Crippen molar-refractivity contribution < 1.29 is 84.4 Å². The second-order valence-corrected chi connectivity index (χ2v) is 12.8. The van der Waals surface area contributed by atoms with Crippen LogP contribution in [0.1, 0.15) is 48.9 Å². The van der Waals surface area contributed by atoms with E-state index in [0.29, 0.717) is 51.3 Å². The summed E-state index contributed by atoms with van der Waals surface area (Å²) in [5.74, 6) is -2.11. The van der Waals surface area contributed by atoms with Gasteiger partial charge in [-0.15, -0.1) is 0 Å². The van der Waals surface area contributed by atoms with Gasteiger partial charge < -0.3 is 23.9 Å². The Morgan fingerprint density at radius 1 is 0.704 bits per heavy atom. The molecule has 0 saturated heterocycles. The molecule has 4 aromatic rings. The summed E-state index contributed by atoms with van der Waals surface area (Å²) in [7, 11) is 4.07. The second-order valence-electron chi connectivity index (χ2n) is 10.6. The first-order chi connectivity index (χ1) is 25.3. The molecule has 0 aliphatic carbocycles. The Hall–Kier alpha value is -3.86. The van der Waals surface area contributed by atoms with Crippen molar-refractivity contribution in [3.63, 3.8) is 0 Å². The Balaban J connectivity index is 0.000000483. The molecule has 0 aliphatic heterocycles. The molecule has 15 heteroatoms. The van der Waals surface area contributed by atoms with Crippen LogP contribution in [-0.2, 0) is 45.4 Å². The van der Waals surface area contributed by atoms with Gasteiger partial charge >= 0.3 is 41.5 Å². The maximum atomic E-state index is 13.6. The van der Waals surface area contributed by atoms with E-state index in [9.17, 15) is 31.9 Å². The maximum absolute atomic E-state index is 13.6. The molecule has 0 radical (unpaired) electrons. The van der Waals surface area contributed by atoms with E-state index in [-0.39, 0.29) is 41.9 Å². The third-order valence-electron chi connectivity index (χ3n) is 7.23. The molecule has 54 heavy (non-hydrogen) atoms. The normalized spacial score (nSPS) is 12.5. The molecule has 0 aliphatic rings. The zero-order valence-corrected chi connectivity index (χ0v) is 34.7. The Labute approximate surface area is 341 Å². The number of carbonyl (C=O) groups excluding carboxylic acids is 1. The molecule has 2 unspecified atom stereocenters. The van der Waals surface area contributed by atoms with Crippen molar-refractivity contribution in [2.24, 2.45) is 0 Å². The van der Waals surface area contributed by atoms with Crippen LogP contribution in [0, 0.1) is 11.6 Å². The van der Waals surface area contributed by atoms with Gasteiger partial charge in [-0.2, -0.15) is 0 Å². The number of esters is 1. The Kier molecular flexibility index (Phi) is 22.5. The number of benzene rings is 4. The Morgan fingerprint density at radius 3 is 1.52 bits per heavy atom. The van der Waals surface area contributed by atoms with E-state index in [1.165, 1.54) is 57.9 Å². The third kappa shape index (κ3) is 14.8. The van der Waals surface area contributed by atoms with Gasteiger partial charge in [-0.25, -0.2) is 26.8 Å². The van der Waals surface area contributed by atoms with Crippen molar-refractivity contribution in [2.45, 2.75) is 31.6 Å². The van der Waals surface area contributed by atoms with E-state index in [1.54, 1.807) is 66.7 Å². The molecule has 2 N–H and O–H groups in total. The number of halogens is 2. The van der Waals surface area contributed by atoms with Gasteiger partial charge in [0.25, 0.3) is 0 Å². The predicted octanol–water partition coefficient (Wildman–Crippen LogP) is 4.48.